The van der Waals surface area contributed by atoms with Gasteiger partial charge in [-0.2, -0.15) is 0 Å². The Bertz CT molecular complexity index is 853. The molecule has 0 unspecified atom stereocenters. The predicted octanol–water partition coefficient (Wildman–Crippen LogP) is 4.19. The van der Waals surface area contributed by atoms with E-state index in [1.54, 1.807) is 11.3 Å². The lowest BCUT2D eigenvalue weighted by Crippen LogP contribution is -2.11. The van der Waals surface area contributed by atoms with Gasteiger partial charge in [-0.05, 0) is 48.9 Å². The van der Waals surface area contributed by atoms with Gasteiger partial charge >= 0.3 is 0 Å². The van der Waals surface area contributed by atoms with E-state index in [1.807, 2.05) is 30.3 Å². The molecule has 2 aromatic carbocycles. The number of carbonyl (C=O) groups excluding carboxylic acids is 2. The number of nitrogens with one attached hydrogen (secondary N) is 1. The van der Waals surface area contributed by atoms with Gasteiger partial charge in [-0.1, -0.05) is 6.07 Å². The molecule has 0 aliphatic heterocycles. The minimum atomic E-state index is -0.152. The summed E-state index contributed by atoms with van der Waals surface area (Å²) in [6.45, 7) is 2.07. The van der Waals surface area contributed by atoms with Crippen LogP contribution < -0.4 is 5.32 Å². The van der Waals surface area contributed by atoms with Crippen molar-refractivity contribution in [2.75, 3.05) is 5.32 Å². The summed E-state index contributed by atoms with van der Waals surface area (Å²) < 4.78 is 1.17. The summed E-state index contributed by atoms with van der Waals surface area (Å²) in [4.78, 5) is 26.5. The number of aryl methyl sites for hydroxylation is 1. The number of hydrogen-bond donors (Lipinski definition) is 1. The number of hydrogen-bond acceptors (Lipinski definition) is 4. The molecule has 4 nitrogen and oxygen atoms in total. The van der Waals surface area contributed by atoms with Gasteiger partial charge < -0.3 is 10.1 Å². The van der Waals surface area contributed by atoms with Gasteiger partial charge in [0, 0.05) is 24.1 Å². The zero-order valence-electron chi connectivity index (χ0n) is 12.7. The van der Waals surface area contributed by atoms with Gasteiger partial charge in [0.05, 0.1) is 10.2 Å². The summed E-state index contributed by atoms with van der Waals surface area (Å²) in [6, 6.07) is 13.8. The molecule has 3 aromatic rings. The molecule has 1 heterocycles. The summed E-state index contributed by atoms with van der Waals surface area (Å²) in [5.41, 5.74) is 3.97. The van der Waals surface area contributed by atoms with Crippen LogP contribution in [0, 0.1) is 6.92 Å². The van der Waals surface area contributed by atoms with E-state index < -0.39 is 0 Å². The Morgan fingerprint density at radius 2 is 2.00 bits per heavy atom. The van der Waals surface area contributed by atoms with Crippen molar-refractivity contribution in [3.05, 3.63) is 48.0 Å². The maximum absolute atomic E-state index is 11.6. The SMILES string of the molecule is Cc1ccc2nc(-c3ccc(NC(=O)CCC=O)cc3)sc2c1. The first-order valence-corrected chi connectivity index (χ1v) is 8.18. The molecular formula is C18H16N2O2S. The summed E-state index contributed by atoms with van der Waals surface area (Å²) in [5, 5.41) is 3.74. The van der Waals surface area contributed by atoms with Crippen LogP contribution in [0.5, 0.6) is 0 Å². The lowest BCUT2D eigenvalue weighted by atomic mass is 10.2. The summed E-state index contributed by atoms with van der Waals surface area (Å²) in [5.74, 6) is -0.152. The van der Waals surface area contributed by atoms with E-state index in [2.05, 4.69) is 29.4 Å². The van der Waals surface area contributed by atoms with Crippen molar-refractivity contribution in [3.63, 3.8) is 0 Å². The van der Waals surface area contributed by atoms with Gasteiger partial charge in [0.2, 0.25) is 5.91 Å². The van der Waals surface area contributed by atoms with Crippen LogP contribution in [0.25, 0.3) is 20.8 Å². The molecule has 0 aliphatic carbocycles. The average molecular weight is 324 g/mol. The number of rotatable bonds is 5. The Morgan fingerprint density at radius 3 is 2.74 bits per heavy atom. The summed E-state index contributed by atoms with van der Waals surface area (Å²) >= 11 is 1.66. The lowest BCUT2D eigenvalue weighted by Gasteiger charge is -2.04. The lowest BCUT2D eigenvalue weighted by molar-refractivity contribution is -0.118. The molecule has 1 amide bonds. The molecule has 3 rings (SSSR count). The molecule has 0 saturated heterocycles. The third-order valence-electron chi connectivity index (χ3n) is 3.45. The highest BCUT2D eigenvalue weighted by Crippen LogP contribution is 2.31. The second-order valence-corrected chi connectivity index (χ2v) is 6.35. The van der Waals surface area contributed by atoms with Crippen LogP contribution in [0.4, 0.5) is 5.69 Å². The molecule has 5 heteroatoms. The van der Waals surface area contributed by atoms with E-state index in [9.17, 15) is 9.59 Å². The Balaban J connectivity index is 1.77. The number of fused-ring (bicyclic) bond motifs is 1. The van der Waals surface area contributed by atoms with Crippen molar-refractivity contribution >= 4 is 39.4 Å². The first kappa shape index (κ1) is 15.4. The molecule has 0 saturated carbocycles. The summed E-state index contributed by atoms with van der Waals surface area (Å²) in [6.07, 6.45) is 1.20. The number of benzene rings is 2. The smallest absolute Gasteiger partial charge is 0.224 e. The molecule has 0 radical (unpaired) electrons. The number of amides is 1. The van der Waals surface area contributed by atoms with E-state index >= 15 is 0 Å². The minimum absolute atomic E-state index is 0.152. The Labute approximate surface area is 138 Å². The predicted molar refractivity (Wildman–Crippen MR) is 93.7 cm³/mol. The highest BCUT2D eigenvalue weighted by Gasteiger charge is 2.07. The largest absolute Gasteiger partial charge is 0.326 e. The first-order valence-electron chi connectivity index (χ1n) is 7.37. The number of thiazole rings is 1. The Hall–Kier alpha value is -2.53. The van der Waals surface area contributed by atoms with Gasteiger partial charge in [0.1, 0.15) is 11.3 Å². The zero-order chi connectivity index (χ0) is 16.2. The van der Waals surface area contributed by atoms with Gasteiger partial charge in [0.25, 0.3) is 0 Å². The standard InChI is InChI=1S/C18H16N2O2S/c1-12-4-9-15-16(11-12)23-18(20-15)13-5-7-14(8-6-13)19-17(22)3-2-10-21/h4-11H,2-3H2,1H3,(H,19,22). The van der Waals surface area contributed by atoms with Crippen molar-refractivity contribution in [2.45, 2.75) is 19.8 Å². The third kappa shape index (κ3) is 3.63. The van der Waals surface area contributed by atoms with Crippen LogP contribution in [-0.2, 0) is 9.59 Å². The molecule has 116 valence electrons. The molecule has 1 aromatic heterocycles. The Morgan fingerprint density at radius 1 is 1.22 bits per heavy atom. The highest BCUT2D eigenvalue weighted by molar-refractivity contribution is 7.21. The van der Waals surface area contributed by atoms with E-state index in [-0.39, 0.29) is 18.7 Å². The van der Waals surface area contributed by atoms with Crippen LogP contribution in [0.3, 0.4) is 0 Å². The number of aromatic nitrogens is 1. The number of nitrogens with zero attached hydrogens (tertiary/aromatic N) is 1. The molecular weight excluding hydrogens is 308 g/mol. The van der Waals surface area contributed by atoms with Crippen LogP contribution in [0.15, 0.2) is 42.5 Å². The van der Waals surface area contributed by atoms with Crippen molar-refractivity contribution in [2.24, 2.45) is 0 Å². The van der Waals surface area contributed by atoms with Crippen molar-refractivity contribution in [1.82, 2.24) is 4.98 Å². The maximum Gasteiger partial charge on any atom is 0.224 e. The molecule has 0 bridgehead atoms. The highest BCUT2D eigenvalue weighted by atomic mass is 32.1. The van der Waals surface area contributed by atoms with E-state index in [0.717, 1.165) is 28.1 Å². The fourth-order valence-corrected chi connectivity index (χ4v) is 3.33. The van der Waals surface area contributed by atoms with E-state index in [0.29, 0.717) is 0 Å². The second-order valence-electron chi connectivity index (χ2n) is 5.32. The van der Waals surface area contributed by atoms with Crippen LogP contribution in [-0.4, -0.2) is 17.2 Å². The molecule has 23 heavy (non-hydrogen) atoms. The number of aldehydes is 1. The first-order chi connectivity index (χ1) is 11.2. The van der Waals surface area contributed by atoms with Crippen LogP contribution in [0.2, 0.25) is 0 Å². The number of carbonyl (C=O) groups is 2. The van der Waals surface area contributed by atoms with Crippen molar-refractivity contribution < 1.29 is 9.59 Å². The molecule has 0 aliphatic rings. The maximum atomic E-state index is 11.6. The van der Waals surface area contributed by atoms with Gasteiger partial charge in [0.15, 0.2) is 0 Å². The normalized spacial score (nSPS) is 10.7. The van der Waals surface area contributed by atoms with Crippen molar-refractivity contribution in [3.8, 4) is 10.6 Å². The molecule has 0 fully saturated rings. The quantitative estimate of drug-likeness (QED) is 0.716. The van der Waals surface area contributed by atoms with Gasteiger partial charge in [-0.15, -0.1) is 11.3 Å². The van der Waals surface area contributed by atoms with E-state index in [4.69, 9.17) is 0 Å². The average Bonchev–Trinajstić information content (AvgIpc) is 2.96. The van der Waals surface area contributed by atoms with Crippen LogP contribution in [0.1, 0.15) is 18.4 Å². The van der Waals surface area contributed by atoms with Gasteiger partial charge in [-0.3, -0.25) is 4.79 Å². The fourth-order valence-electron chi connectivity index (χ4n) is 2.26. The molecule has 1 N–H and O–H groups in total. The van der Waals surface area contributed by atoms with Gasteiger partial charge in [-0.25, -0.2) is 4.98 Å². The zero-order valence-corrected chi connectivity index (χ0v) is 13.5. The monoisotopic (exact) mass is 324 g/mol. The minimum Gasteiger partial charge on any atom is -0.326 e. The van der Waals surface area contributed by atoms with Crippen molar-refractivity contribution in [1.29, 1.82) is 0 Å². The third-order valence-corrected chi connectivity index (χ3v) is 4.52. The number of anilines is 1. The fraction of sp³-hybridized carbons (Fsp3) is 0.167. The second kappa shape index (κ2) is 6.71. The topological polar surface area (TPSA) is 59.1 Å². The van der Waals surface area contributed by atoms with Crippen LogP contribution >= 0.6 is 11.3 Å². The molecule has 0 spiro atoms. The summed E-state index contributed by atoms with van der Waals surface area (Å²) in [7, 11) is 0. The van der Waals surface area contributed by atoms with E-state index in [1.165, 1.54) is 10.3 Å². The Kier molecular flexibility index (Phi) is 4.48. The molecule has 0 atom stereocenters.